The first-order chi connectivity index (χ1) is 36.0. The van der Waals surface area contributed by atoms with Gasteiger partial charge in [-0.05, 0) is 57.8 Å². The molecule has 0 spiro atoms. The van der Waals surface area contributed by atoms with Crippen LogP contribution in [0.25, 0.3) is 0 Å². The third-order valence-corrected chi connectivity index (χ3v) is 15.5. The Hall–Kier alpha value is -1.66. The monoisotopic (exact) mass is 1030 g/mol. The fourth-order valence-corrected chi connectivity index (χ4v) is 10.4. The van der Waals surface area contributed by atoms with E-state index in [1.54, 1.807) is 6.08 Å². The van der Waals surface area contributed by atoms with Crippen molar-refractivity contribution in [3.05, 3.63) is 24.3 Å². The summed E-state index contributed by atoms with van der Waals surface area (Å²) in [4.78, 5) is 24.5. The molecule has 0 aromatic rings. The van der Waals surface area contributed by atoms with Crippen LogP contribution < -0.4 is 5.32 Å². The number of hydrogen-bond donors (Lipinski definition) is 3. The number of carbonyl (C=O) groups excluding carboxylic acids is 2. The molecule has 6 nitrogen and oxygen atoms in total. The molecule has 6 heteroatoms. The molecule has 1 amide bonds. The van der Waals surface area contributed by atoms with Crippen LogP contribution in [-0.4, -0.2) is 47.4 Å². The molecule has 2 unspecified atom stereocenters. The van der Waals surface area contributed by atoms with Crippen LogP contribution in [-0.2, 0) is 14.3 Å². The Balaban J connectivity index is 3.37. The highest BCUT2D eigenvalue weighted by Crippen LogP contribution is 2.18. The van der Waals surface area contributed by atoms with Gasteiger partial charge >= 0.3 is 5.97 Å². The lowest BCUT2D eigenvalue weighted by Gasteiger charge is -2.20. The summed E-state index contributed by atoms with van der Waals surface area (Å²) in [5, 5.41) is 23.1. The average Bonchev–Trinajstić information content (AvgIpc) is 3.39. The van der Waals surface area contributed by atoms with E-state index < -0.39 is 12.1 Å². The summed E-state index contributed by atoms with van der Waals surface area (Å²) in [7, 11) is 0. The number of allylic oxidation sites excluding steroid dienone is 3. The van der Waals surface area contributed by atoms with E-state index in [2.05, 4.69) is 31.3 Å². The number of esters is 1. The Labute approximate surface area is 456 Å². The quantitative estimate of drug-likeness (QED) is 0.0320. The zero-order chi connectivity index (χ0) is 52.9. The second-order valence-corrected chi connectivity index (χ2v) is 22.8. The molecule has 0 rings (SSSR count). The number of ether oxygens (including phenoxy) is 1. The van der Waals surface area contributed by atoms with Gasteiger partial charge in [0.15, 0.2) is 0 Å². The molecule has 73 heavy (non-hydrogen) atoms. The van der Waals surface area contributed by atoms with Crippen LogP contribution in [0, 0.1) is 0 Å². The molecule has 3 N–H and O–H groups in total. The maximum atomic E-state index is 12.5. The first-order valence-electron chi connectivity index (χ1n) is 33.1. The summed E-state index contributed by atoms with van der Waals surface area (Å²) >= 11 is 0. The summed E-state index contributed by atoms with van der Waals surface area (Å²) in [6.45, 7) is 4.93. The van der Waals surface area contributed by atoms with Crippen LogP contribution in [0.3, 0.4) is 0 Å². The summed E-state index contributed by atoms with van der Waals surface area (Å²) in [5.74, 6) is -0.0504. The molecule has 432 valence electrons. The van der Waals surface area contributed by atoms with E-state index in [0.717, 1.165) is 38.5 Å². The van der Waals surface area contributed by atoms with E-state index >= 15 is 0 Å². The largest absolute Gasteiger partial charge is 0.466 e. The topological polar surface area (TPSA) is 95.9 Å². The molecule has 0 aliphatic carbocycles. The fraction of sp³-hybridized carbons (Fsp3) is 0.910. The molecule has 0 aliphatic heterocycles. The second kappa shape index (κ2) is 62.9. The Morgan fingerprint density at radius 3 is 0.973 bits per heavy atom. The lowest BCUT2D eigenvalue weighted by Crippen LogP contribution is -2.45. The number of aliphatic hydroxyl groups excluding tert-OH is 2. The molecule has 2 atom stereocenters. The predicted molar refractivity (Wildman–Crippen MR) is 320 cm³/mol. The Morgan fingerprint density at radius 2 is 0.644 bits per heavy atom. The number of nitrogens with one attached hydrogen (secondary N) is 1. The molecule has 0 aromatic heterocycles. The molecular weight excluding hydrogens is 899 g/mol. The van der Waals surface area contributed by atoms with Crippen LogP contribution >= 0.6 is 0 Å². The Bertz CT molecular complexity index is 1140. The maximum Gasteiger partial charge on any atom is 0.305 e. The highest BCUT2D eigenvalue weighted by atomic mass is 16.5. The van der Waals surface area contributed by atoms with E-state index in [1.165, 1.54) is 302 Å². The van der Waals surface area contributed by atoms with Crippen molar-refractivity contribution in [2.24, 2.45) is 0 Å². The van der Waals surface area contributed by atoms with Crippen LogP contribution in [0.2, 0.25) is 0 Å². The number of aliphatic hydroxyl groups is 2. The summed E-state index contributed by atoms with van der Waals surface area (Å²) in [6.07, 6.45) is 78.1. The third-order valence-electron chi connectivity index (χ3n) is 15.5. The Kier molecular flexibility index (Phi) is 61.4. The molecule has 0 aromatic carbocycles. The van der Waals surface area contributed by atoms with E-state index in [0.29, 0.717) is 19.4 Å². The summed E-state index contributed by atoms with van der Waals surface area (Å²) < 4.78 is 5.50. The molecular formula is C67H129NO5. The standard InChI is InChI=1S/C67H129NO5/c1-3-5-7-9-11-13-15-17-18-29-33-37-41-45-49-53-57-61-67(72)73-62-58-54-50-46-42-38-34-31-28-26-24-22-20-19-21-23-25-27-30-32-36-40-44-48-52-56-60-66(71)68-64(63-69)65(70)59-55-51-47-43-39-35-16-14-12-10-8-6-4-2/h19,21,55,59,64-65,69-70H,3-18,20,22-54,56-58,60-63H2,1-2H3,(H,68,71)/b21-19-,59-55+. The van der Waals surface area contributed by atoms with Gasteiger partial charge < -0.3 is 20.3 Å². The van der Waals surface area contributed by atoms with E-state index in [9.17, 15) is 19.8 Å². The lowest BCUT2D eigenvalue weighted by molar-refractivity contribution is -0.143. The van der Waals surface area contributed by atoms with Gasteiger partial charge in [0.1, 0.15) is 0 Å². The number of amides is 1. The van der Waals surface area contributed by atoms with Crippen molar-refractivity contribution in [2.75, 3.05) is 13.2 Å². The molecule has 0 heterocycles. The minimum absolute atomic E-state index is 0.0183. The van der Waals surface area contributed by atoms with Crippen LogP contribution in [0.1, 0.15) is 367 Å². The smallest absolute Gasteiger partial charge is 0.305 e. The molecule has 0 bridgehead atoms. The van der Waals surface area contributed by atoms with Crippen molar-refractivity contribution in [1.29, 1.82) is 0 Å². The van der Waals surface area contributed by atoms with Crippen molar-refractivity contribution in [3.63, 3.8) is 0 Å². The lowest BCUT2D eigenvalue weighted by atomic mass is 10.0. The maximum absolute atomic E-state index is 12.5. The van der Waals surface area contributed by atoms with Crippen molar-refractivity contribution in [3.8, 4) is 0 Å². The van der Waals surface area contributed by atoms with E-state index in [1.807, 2.05) is 6.08 Å². The molecule has 0 saturated carbocycles. The van der Waals surface area contributed by atoms with E-state index in [-0.39, 0.29) is 18.5 Å². The van der Waals surface area contributed by atoms with Gasteiger partial charge in [-0.15, -0.1) is 0 Å². The molecule has 0 fully saturated rings. The summed E-state index contributed by atoms with van der Waals surface area (Å²) in [6, 6.07) is -0.628. The van der Waals surface area contributed by atoms with Crippen molar-refractivity contribution < 1.29 is 24.5 Å². The van der Waals surface area contributed by atoms with E-state index in [4.69, 9.17) is 4.74 Å². The number of rotatable bonds is 62. The molecule has 0 saturated heterocycles. The first-order valence-corrected chi connectivity index (χ1v) is 33.1. The van der Waals surface area contributed by atoms with Gasteiger partial charge in [0.2, 0.25) is 5.91 Å². The minimum atomic E-state index is -0.844. The average molecular weight is 1030 g/mol. The zero-order valence-electron chi connectivity index (χ0n) is 49.4. The highest BCUT2D eigenvalue weighted by Gasteiger charge is 2.18. The highest BCUT2D eigenvalue weighted by molar-refractivity contribution is 5.76. The van der Waals surface area contributed by atoms with Crippen molar-refractivity contribution >= 4 is 11.9 Å². The first kappa shape index (κ1) is 71.3. The van der Waals surface area contributed by atoms with Gasteiger partial charge in [-0.2, -0.15) is 0 Å². The van der Waals surface area contributed by atoms with Gasteiger partial charge in [0.25, 0.3) is 0 Å². The van der Waals surface area contributed by atoms with Crippen LogP contribution in [0.5, 0.6) is 0 Å². The van der Waals surface area contributed by atoms with Crippen LogP contribution in [0.15, 0.2) is 24.3 Å². The minimum Gasteiger partial charge on any atom is -0.466 e. The van der Waals surface area contributed by atoms with Gasteiger partial charge in [-0.25, -0.2) is 0 Å². The van der Waals surface area contributed by atoms with Gasteiger partial charge in [0.05, 0.1) is 25.4 Å². The number of hydrogen-bond acceptors (Lipinski definition) is 5. The second-order valence-electron chi connectivity index (χ2n) is 22.8. The SMILES string of the molecule is CCCCCCCCCCCCC/C=C/C(O)C(CO)NC(=O)CCCCCCCCCCCC/C=C\CCCCCCCCCCCCCCOC(=O)CCCCCCCCCCCCCCCCCCC. The van der Waals surface area contributed by atoms with Crippen LogP contribution in [0.4, 0.5) is 0 Å². The fourth-order valence-electron chi connectivity index (χ4n) is 10.4. The normalized spacial score (nSPS) is 12.7. The van der Waals surface area contributed by atoms with Crippen molar-refractivity contribution in [1.82, 2.24) is 5.32 Å². The number of unbranched alkanes of at least 4 members (excludes halogenated alkanes) is 49. The zero-order valence-corrected chi connectivity index (χ0v) is 49.4. The van der Waals surface area contributed by atoms with Gasteiger partial charge in [0, 0.05) is 12.8 Å². The molecule has 0 radical (unpaired) electrons. The van der Waals surface area contributed by atoms with Gasteiger partial charge in [-0.1, -0.05) is 321 Å². The predicted octanol–water partition coefficient (Wildman–Crippen LogP) is 21.0. The van der Waals surface area contributed by atoms with Crippen molar-refractivity contribution in [2.45, 2.75) is 379 Å². The molecule has 0 aliphatic rings. The number of carbonyl (C=O) groups is 2. The third kappa shape index (κ3) is 59.4. The Morgan fingerprint density at radius 1 is 0.370 bits per heavy atom. The van der Waals surface area contributed by atoms with Gasteiger partial charge in [-0.3, -0.25) is 9.59 Å². The summed E-state index contributed by atoms with van der Waals surface area (Å²) in [5.41, 5.74) is 0.